The molecule has 19 heavy (non-hydrogen) atoms. The Hall–Kier alpha value is -1.56. The van der Waals surface area contributed by atoms with Crippen molar-refractivity contribution in [3.8, 4) is 0 Å². The van der Waals surface area contributed by atoms with Gasteiger partial charge in [-0.1, -0.05) is 12.1 Å². The summed E-state index contributed by atoms with van der Waals surface area (Å²) in [4.78, 5) is 24.7. The summed E-state index contributed by atoms with van der Waals surface area (Å²) < 4.78 is 10.4. The van der Waals surface area contributed by atoms with E-state index in [-0.39, 0.29) is 0 Å². The van der Waals surface area contributed by atoms with Gasteiger partial charge in [0.05, 0.1) is 12.8 Å². The summed E-state index contributed by atoms with van der Waals surface area (Å²) in [5.41, 5.74) is -0.339. The molecule has 104 valence electrons. The normalized spacial score (nSPS) is 10.8. The minimum absolute atomic E-state index is 0.364. The summed E-state index contributed by atoms with van der Waals surface area (Å²) in [6.45, 7) is 5.17. The van der Waals surface area contributed by atoms with Crippen molar-refractivity contribution in [1.82, 2.24) is 0 Å². The Morgan fingerprint density at radius 2 is 1.74 bits per heavy atom. The first-order valence-electron chi connectivity index (χ1n) is 5.62. The smallest absolute Gasteiger partial charge is 0.424 e. The number of anilines is 1. The standard InChI is InChI=1S/C13H16BrNO4/c1-13(2,3)19-12(17)15(11(16)18-4)10-8-6-5-7-9(10)14/h5-8H,1-4H3. The van der Waals surface area contributed by atoms with E-state index in [0.717, 1.165) is 4.90 Å². The minimum atomic E-state index is -0.804. The molecule has 1 aromatic rings. The summed E-state index contributed by atoms with van der Waals surface area (Å²) in [6.07, 6.45) is -1.59. The van der Waals surface area contributed by atoms with E-state index in [1.54, 1.807) is 45.0 Å². The van der Waals surface area contributed by atoms with Gasteiger partial charge in [-0.2, -0.15) is 4.90 Å². The van der Waals surface area contributed by atoms with E-state index < -0.39 is 17.8 Å². The van der Waals surface area contributed by atoms with Gasteiger partial charge in [0.2, 0.25) is 0 Å². The molecule has 0 aromatic heterocycles. The Balaban J connectivity index is 3.13. The van der Waals surface area contributed by atoms with E-state index in [1.165, 1.54) is 7.11 Å². The maximum absolute atomic E-state index is 12.1. The van der Waals surface area contributed by atoms with E-state index >= 15 is 0 Å². The van der Waals surface area contributed by atoms with Crippen molar-refractivity contribution in [1.29, 1.82) is 0 Å². The Kier molecular flexibility index (Phi) is 4.94. The molecule has 5 nitrogen and oxygen atoms in total. The fraction of sp³-hybridized carbons (Fsp3) is 0.385. The number of para-hydroxylation sites is 1. The molecule has 0 aliphatic heterocycles. The Morgan fingerprint density at radius 3 is 2.21 bits per heavy atom. The average Bonchev–Trinajstić information content (AvgIpc) is 2.29. The van der Waals surface area contributed by atoms with Crippen LogP contribution in [0.5, 0.6) is 0 Å². The van der Waals surface area contributed by atoms with Crippen LogP contribution in [-0.4, -0.2) is 24.9 Å². The minimum Gasteiger partial charge on any atom is -0.452 e. The fourth-order valence-corrected chi connectivity index (χ4v) is 1.77. The van der Waals surface area contributed by atoms with E-state index in [1.807, 2.05) is 0 Å². The van der Waals surface area contributed by atoms with Gasteiger partial charge < -0.3 is 9.47 Å². The summed E-state index contributed by atoms with van der Waals surface area (Å²) in [6, 6.07) is 6.82. The van der Waals surface area contributed by atoms with E-state index in [4.69, 9.17) is 4.74 Å². The molecule has 0 fully saturated rings. The van der Waals surface area contributed by atoms with Crippen LogP contribution in [0.4, 0.5) is 15.3 Å². The lowest BCUT2D eigenvalue weighted by molar-refractivity contribution is 0.0575. The first kappa shape index (κ1) is 15.5. The van der Waals surface area contributed by atoms with Crippen molar-refractivity contribution >= 4 is 33.8 Å². The zero-order valence-corrected chi connectivity index (χ0v) is 12.9. The van der Waals surface area contributed by atoms with Crippen LogP contribution < -0.4 is 4.90 Å². The van der Waals surface area contributed by atoms with Gasteiger partial charge in [-0.3, -0.25) is 0 Å². The lowest BCUT2D eigenvalue weighted by Gasteiger charge is -2.25. The number of methoxy groups -OCH3 is 1. The predicted molar refractivity (Wildman–Crippen MR) is 75.3 cm³/mol. The maximum atomic E-state index is 12.1. The summed E-state index contributed by atoms with van der Waals surface area (Å²) in [5, 5.41) is 0. The predicted octanol–water partition coefficient (Wildman–Crippen LogP) is 3.96. The van der Waals surface area contributed by atoms with E-state index in [9.17, 15) is 9.59 Å². The number of amides is 2. The second-order valence-electron chi connectivity index (χ2n) is 4.74. The molecule has 2 amide bonds. The largest absolute Gasteiger partial charge is 0.452 e. The molecule has 6 heteroatoms. The van der Waals surface area contributed by atoms with Gasteiger partial charge in [0.25, 0.3) is 0 Å². The van der Waals surface area contributed by atoms with Crippen molar-refractivity contribution in [2.45, 2.75) is 26.4 Å². The Labute approximate surface area is 120 Å². The molecular weight excluding hydrogens is 314 g/mol. The number of carbonyl (C=O) groups is 2. The van der Waals surface area contributed by atoms with Crippen molar-refractivity contribution in [3.05, 3.63) is 28.7 Å². The highest BCUT2D eigenvalue weighted by molar-refractivity contribution is 9.10. The van der Waals surface area contributed by atoms with Gasteiger partial charge in [-0.05, 0) is 48.8 Å². The second kappa shape index (κ2) is 6.06. The molecule has 0 heterocycles. The molecule has 0 aliphatic rings. The zero-order chi connectivity index (χ0) is 14.6. The first-order chi connectivity index (χ1) is 8.76. The lowest BCUT2D eigenvalue weighted by atomic mass is 10.2. The van der Waals surface area contributed by atoms with Crippen LogP contribution in [0, 0.1) is 0 Å². The fourth-order valence-electron chi connectivity index (χ4n) is 1.30. The highest BCUT2D eigenvalue weighted by atomic mass is 79.9. The average molecular weight is 330 g/mol. The number of benzene rings is 1. The third-order valence-corrected chi connectivity index (χ3v) is 2.70. The zero-order valence-electron chi connectivity index (χ0n) is 11.3. The van der Waals surface area contributed by atoms with Crippen molar-refractivity contribution < 1.29 is 19.1 Å². The summed E-state index contributed by atoms with van der Waals surface area (Å²) >= 11 is 3.29. The van der Waals surface area contributed by atoms with Gasteiger partial charge >= 0.3 is 12.2 Å². The molecule has 0 atom stereocenters. The first-order valence-corrected chi connectivity index (χ1v) is 6.41. The molecule has 0 aliphatic carbocycles. The molecule has 0 unspecified atom stereocenters. The molecule has 0 bridgehead atoms. The molecular formula is C13H16BrNO4. The number of hydrogen-bond donors (Lipinski definition) is 0. The number of hydrogen-bond acceptors (Lipinski definition) is 4. The number of rotatable bonds is 1. The van der Waals surface area contributed by atoms with Crippen LogP contribution in [0.2, 0.25) is 0 Å². The molecule has 0 saturated carbocycles. The number of ether oxygens (including phenoxy) is 2. The van der Waals surface area contributed by atoms with Crippen LogP contribution in [0.15, 0.2) is 28.7 Å². The van der Waals surface area contributed by atoms with E-state index in [0.29, 0.717) is 10.2 Å². The molecule has 0 radical (unpaired) electrons. The van der Waals surface area contributed by atoms with Crippen LogP contribution in [-0.2, 0) is 9.47 Å². The van der Waals surface area contributed by atoms with Gasteiger partial charge in [-0.25, -0.2) is 9.59 Å². The molecule has 0 spiro atoms. The van der Waals surface area contributed by atoms with Gasteiger partial charge in [-0.15, -0.1) is 0 Å². The van der Waals surface area contributed by atoms with Crippen LogP contribution in [0.1, 0.15) is 20.8 Å². The van der Waals surface area contributed by atoms with Crippen LogP contribution >= 0.6 is 15.9 Å². The van der Waals surface area contributed by atoms with Gasteiger partial charge in [0, 0.05) is 4.47 Å². The molecule has 1 aromatic carbocycles. The molecule has 0 saturated heterocycles. The number of imide groups is 1. The van der Waals surface area contributed by atoms with Gasteiger partial charge in [0.15, 0.2) is 0 Å². The lowest BCUT2D eigenvalue weighted by Crippen LogP contribution is -2.41. The van der Waals surface area contributed by atoms with Crippen molar-refractivity contribution in [3.63, 3.8) is 0 Å². The quantitative estimate of drug-likeness (QED) is 0.782. The Bertz CT molecular complexity index is 482. The summed E-state index contributed by atoms with van der Waals surface area (Å²) in [5.74, 6) is 0. The third kappa shape index (κ3) is 4.24. The molecule has 1 rings (SSSR count). The van der Waals surface area contributed by atoms with Crippen LogP contribution in [0.3, 0.4) is 0 Å². The SMILES string of the molecule is COC(=O)N(C(=O)OC(C)(C)C)c1ccccc1Br. The number of carbonyl (C=O) groups excluding carboxylic acids is 2. The molecule has 0 N–H and O–H groups in total. The van der Waals surface area contributed by atoms with Gasteiger partial charge in [0.1, 0.15) is 5.60 Å². The summed E-state index contributed by atoms with van der Waals surface area (Å²) in [7, 11) is 1.20. The highest BCUT2D eigenvalue weighted by Crippen LogP contribution is 2.27. The monoisotopic (exact) mass is 329 g/mol. The Morgan fingerprint density at radius 1 is 1.16 bits per heavy atom. The maximum Gasteiger partial charge on any atom is 0.424 e. The van der Waals surface area contributed by atoms with E-state index in [2.05, 4.69) is 20.7 Å². The topological polar surface area (TPSA) is 55.8 Å². The van der Waals surface area contributed by atoms with Crippen molar-refractivity contribution in [2.24, 2.45) is 0 Å². The number of nitrogens with zero attached hydrogens (tertiary/aromatic N) is 1. The van der Waals surface area contributed by atoms with Crippen LogP contribution in [0.25, 0.3) is 0 Å². The number of halogens is 1. The third-order valence-electron chi connectivity index (χ3n) is 2.03. The second-order valence-corrected chi connectivity index (χ2v) is 5.59. The highest BCUT2D eigenvalue weighted by Gasteiger charge is 2.30. The van der Waals surface area contributed by atoms with Crippen molar-refractivity contribution in [2.75, 3.05) is 12.0 Å².